The zero-order chi connectivity index (χ0) is 27.4. The minimum Gasteiger partial charge on any atom is -0.478 e. The van der Waals surface area contributed by atoms with Crippen molar-refractivity contribution in [2.45, 2.75) is 51.7 Å². The van der Waals surface area contributed by atoms with Crippen LogP contribution in [0.15, 0.2) is 60.7 Å². The summed E-state index contributed by atoms with van der Waals surface area (Å²) in [5, 5.41) is 9.81. The lowest BCUT2D eigenvalue weighted by molar-refractivity contribution is 0.00578. The van der Waals surface area contributed by atoms with Gasteiger partial charge in [0.1, 0.15) is 6.61 Å². The van der Waals surface area contributed by atoms with Gasteiger partial charge in [0.15, 0.2) is 0 Å². The maximum atomic E-state index is 13.3. The largest absolute Gasteiger partial charge is 0.495 e. The number of anilines is 1. The van der Waals surface area contributed by atoms with Crippen LogP contribution in [0.25, 0.3) is 11.1 Å². The molecule has 1 N–H and O–H groups in total. The highest BCUT2D eigenvalue weighted by Crippen LogP contribution is 2.44. The number of carbonyl (C=O) groups excluding carboxylic acids is 1. The molecule has 8 heteroatoms. The standard InChI is InChI=1S/C30H32BNO6/c1-18-25(31-37-29(2,3)30(4,5)38-31)15-19(27(33)34)16-26(18)32(6)28(35)36-17-24-22-13-9-7-11-20(22)21-12-8-10-14-23(21)24/h7-16,24H,17H2,1-6H3,(H,33,34). The summed E-state index contributed by atoms with van der Waals surface area (Å²) in [6, 6.07) is 19.3. The first-order chi connectivity index (χ1) is 17.9. The fourth-order valence-electron chi connectivity index (χ4n) is 5.20. The van der Waals surface area contributed by atoms with Crippen LogP contribution in [0.5, 0.6) is 0 Å². The molecule has 0 radical (unpaired) electrons. The molecule has 3 aromatic carbocycles. The van der Waals surface area contributed by atoms with Crippen molar-refractivity contribution >= 4 is 30.3 Å². The number of hydrogen-bond acceptors (Lipinski definition) is 5. The Bertz CT molecular complexity index is 1370. The van der Waals surface area contributed by atoms with E-state index in [1.165, 1.54) is 11.0 Å². The highest BCUT2D eigenvalue weighted by molar-refractivity contribution is 6.63. The number of carboxylic acids is 1. The molecule has 5 rings (SSSR count). The lowest BCUT2D eigenvalue weighted by Crippen LogP contribution is -2.41. The van der Waals surface area contributed by atoms with Gasteiger partial charge in [-0.3, -0.25) is 4.90 Å². The molecule has 1 amide bonds. The zero-order valence-electron chi connectivity index (χ0n) is 22.6. The van der Waals surface area contributed by atoms with E-state index in [0.29, 0.717) is 16.7 Å². The number of benzene rings is 3. The third-order valence-corrected chi connectivity index (χ3v) is 8.15. The average Bonchev–Trinajstić information content (AvgIpc) is 3.31. The first kappa shape index (κ1) is 26.0. The molecule has 0 saturated carbocycles. The van der Waals surface area contributed by atoms with Crippen LogP contribution < -0.4 is 10.4 Å². The molecule has 1 saturated heterocycles. The number of ether oxygens (including phenoxy) is 1. The summed E-state index contributed by atoms with van der Waals surface area (Å²) in [6.45, 7) is 9.74. The molecule has 0 bridgehead atoms. The number of carboxylic acid groups (broad SMARTS) is 1. The predicted molar refractivity (Wildman–Crippen MR) is 147 cm³/mol. The topological polar surface area (TPSA) is 85.3 Å². The lowest BCUT2D eigenvalue weighted by Gasteiger charge is -2.32. The van der Waals surface area contributed by atoms with Crippen molar-refractivity contribution in [2.75, 3.05) is 18.6 Å². The third kappa shape index (κ3) is 4.27. The molecule has 0 aromatic heterocycles. The lowest BCUT2D eigenvalue weighted by atomic mass is 9.75. The number of fused-ring (bicyclic) bond motifs is 3. The predicted octanol–water partition coefficient (Wildman–Crippen LogP) is 5.38. The molecule has 3 aromatic rings. The highest BCUT2D eigenvalue weighted by Gasteiger charge is 2.52. The van der Waals surface area contributed by atoms with Crippen molar-refractivity contribution in [2.24, 2.45) is 0 Å². The Morgan fingerprint density at radius 1 is 0.947 bits per heavy atom. The maximum Gasteiger partial charge on any atom is 0.495 e. The van der Waals surface area contributed by atoms with Crippen molar-refractivity contribution < 1.29 is 28.7 Å². The van der Waals surface area contributed by atoms with Gasteiger partial charge in [0.2, 0.25) is 0 Å². The van der Waals surface area contributed by atoms with Gasteiger partial charge in [0, 0.05) is 13.0 Å². The molecule has 1 aliphatic carbocycles. The molecular weight excluding hydrogens is 481 g/mol. The molecule has 2 aliphatic rings. The van der Waals surface area contributed by atoms with E-state index >= 15 is 0 Å². The highest BCUT2D eigenvalue weighted by atomic mass is 16.7. The molecule has 1 fully saturated rings. The second-order valence-corrected chi connectivity index (χ2v) is 11.0. The van der Waals surface area contributed by atoms with Crippen molar-refractivity contribution in [3.8, 4) is 11.1 Å². The van der Waals surface area contributed by atoms with Crippen molar-refractivity contribution in [1.82, 2.24) is 0 Å². The average molecular weight is 513 g/mol. The molecule has 38 heavy (non-hydrogen) atoms. The van der Waals surface area contributed by atoms with E-state index in [1.807, 2.05) is 58.9 Å². The summed E-state index contributed by atoms with van der Waals surface area (Å²) in [4.78, 5) is 26.6. The fourth-order valence-corrected chi connectivity index (χ4v) is 5.20. The van der Waals surface area contributed by atoms with Crippen LogP contribution in [-0.2, 0) is 14.0 Å². The molecule has 7 nitrogen and oxygen atoms in total. The Balaban J connectivity index is 1.41. The second kappa shape index (κ2) is 9.29. The van der Waals surface area contributed by atoms with Crippen molar-refractivity contribution in [1.29, 1.82) is 0 Å². The van der Waals surface area contributed by atoms with Crippen LogP contribution in [0, 0.1) is 6.92 Å². The van der Waals surface area contributed by atoms with Gasteiger partial charge in [-0.2, -0.15) is 0 Å². The first-order valence-electron chi connectivity index (χ1n) is 12.7. The van der Waals surface area contributed by atoms with Crippen LogP contribution in [0.3, 0.4) is 0 Å². The normalized spacial score (nSPS) is 17.2. The summed E-state index contributed by atoms with van der Waals surface area (Å²) in [7, 11) is 0.815. The van der Waals surface area contributed by atoms with Crippen LogP contribution in [-0.4, -0.2) is 49.1 Å². The third-order valence-electron chi connectivity index (χ3n) is 8.15. The van der Waals surface area contributed by atoms with E-state index in [-0.39, 0.29) is 18.1 Å². The van der Waals surface area contributed by atoms with E-state index in [2.05, 4.69) is 24.3 Å². The minimum atomic E-state index is -1.11. The Kier molecular flexibility index (Phi) is 6.36. The van der Waals surface area contributed by atoms with Gasteiger partial charge in [-0.1, -0.05) is 48.5 Å². The smallest absolute Gasteiger partial charge is 0.478 e. The quantitative estimate of drug-likeness (QED) is 0.462. The van der Waals surface area contributed by atoms with Crippen molar-refractivity contribution in [3.05, 3.63) is 82.9 Å². The van der Waals surface area contributed by atoms with Gasteiger partial charge in [0.05, 0.1) is 22.5 Å². The SMILES string of the molecule is Cc1c(B2OC(C)(C)C(C)(C)O2)cc(C(=O)O)cc1N(C)C(=O)OCC1c2ccccc2-c2ccccc21. The van der Waals surface area contributed by atoms with Gasteiger partial charge in [-0.25, -0.2) is 9.59 Å². The molecule has 1 heterocycles. The fraction of sp³-hybridized carbons (Fsp3) is 0.333. The molecule has 0 atom stereocenters. The van der Waals surface area contributed by atoms with Crippen LogP contribution in [0.1, 0.15) is 60.7 Å². The molecule has 0 unspecified atom stereocenters. The molecule has 196 valence electrons. The van der Waals surface area contributed by atoms with E-state index in [4.69, 9.17) is 14.0 Å². The Morgan fingerprint density at radius 2 is 1.47 bits per heavy atom. The number of carbonyl (C=O) groups is 2. The van der Waals surface area contributed by atoms with Crippen LogP contribution in [0.2, 0.25) is 0 Å². The molecule has 0 spiro atoms. The Labute approximate surface area is 223 Å². The van der Waals surface area contributed by atoms with Crippen molar-refractivity contribution in [3.63, 3.8) is 0 Å². The maximum absolute atomic E-state index is 13.3. The number of hydrogen-bond donors (Lipinski definition) is 1. The number of aromatic carboxylic acids is 1. The summed E-state index contributed by atoms with van der Waals surface area (Å²) >= 11 is 0. The Hall–Kier alpha value is -3.62. The van der Waals surface area contributed by atoms with Gasteiger partial charge in [0.25, 0.3) is 0 Å². The number of nitrogens with zero attached hydrogens (tertiary/aromatic N) is 1. The zero-order valence-corrected chi connectivity index (χ0v) is 22.6. The van der Waals surface area contributed by atoms with Gasteiger partial charge < -0.3 is 19.2 Å². The van der Waals surface area contributed by atoms with Gasteiger partial charge in [-0.15, -0.1) is 0 Å². The summed E-state index contributed by atoms with van der Waals surface area (Å²) in [6.07, 6.45) is -0.572. The van der Waals surface area contributed by atoms with E-state index in [0.717, 1.165) is 22.3 Å². The van der Waals surface area contributed by atoms with Crippen LogP contribution >= 0.6 is 0 Å². The van der Waals surface area contributed by atoms with E-state index in [1.54, 1.807) is 13.1 Å². The van der Waals surface area contributed by atoms with E-state index in [9.17, 15) is 14.7 Å². The summed E-state index contributed by atoms with van der Waals surface area (Å²) in [5.74, 6) is -1.18. The van der Waals surface area contributed by atoms with Gasteiger partial charge in [-0.05, 0) is 80.0 Å². The van der Waals surface area contributed by atoms with Gasteiger partial charge >= 0.3 is 19.2 Å². The summed E-state index contributed by atoms with van der Waals surface area (Å²) < 4.78 is 18.2. The molecular formula is C30H32BNO6. The van der Waals surface area contributed by atoms with E-state index < -0.39 is 30.4 Å². The molecule has 1 aliphatic heterocycles. The van der Waals surface area contributed by atoms with Crippen LogP contribution in [0.4, 0.5) is 10.5 Å². The number of rotatable bonds is 5. The first-order valence-corrected chi connectivity index (χ1v) is 12.7. The number of amides is 1. The summed E-state index contributed by atoms with van der Waals surface area (Å²) in [5.41, 5.74) is 5.06. The monoisotopic (exact) mass is 513 g/mol. The second-order valence-electron chi connectivity index (χ2n) is 11.0. The minimum absolute atomic E-state index is 0.0357. The Morgan fingerprint density at radius 3 is 2.00 bits per heavy atom.